The van der Waals surface area contributed by atoms with Crippen LogP contribution in [0.25, 0.3) is 76.9 Å². The summed E-state index contributed by atoms with van der Waals surface area (Å²) in [5.74, 6) is 0.537. The molecule has 0 spiro atoms. The lowest BCUT2D eigenvalue weighted by molar-refractivity contribution is 0.668. The molecule has 3 aromatic heterocycles. The topological polar surface area (TPSA) is 61.4 Å². The van der Waals surface area contributed by atoms with E-state index in [0.717, 1.165) is 57.2 Å². The van der Waals surface area contributed by atoms with Crippen LogP contribution < -0.4 is 5.73 Å². The van der Waals surface area contributed by atoms with Crippen LogP contribution in [0.5, 0.6) is 0 Å². The second kappa shape index (κ2) is 16.8. The first-order chi connectivity index (χ1) is 29.7. The first-order valence-corrected chi connectivity index (χ1v) is 21.0. The maximum absolute atomic E-state index is 6.57. The molecule has 60 heavy (non-hydrogen) atoms. The van der Waals surface area contributed by atoms with Crippen LogP contribution in [-0.4, -0.2) is 21.5 Å². The fourth-order valence-corrected chi connectivity index (χ4v) is 8.43. The van der Waals surface area contributed by atoms with Gasteiger partial charge in [-0.05, 0) is 84.6 Å². The van der Waals surface area contributed by atoms with Crippen LogP contribution in [-0.2, 0) is 12.8 Å². The van der Waals surface area contributed by atoms with Crippen molar-refractivity contribution < 1.29 is 4.42 Å². The molecule has 5 heteroatoms. The van der Waals surface area contributed by atoms with Gasteiger partial charge in [-0.1, -0.05) is 148 Å². The van der Waals surface area contributed by atoms with Crippen molar-refractivity contribution in [3.8, 4) is 11.4 Å². The lowest BCUT2D eigenvalue weighted by Crippen LogP contribution is -2.14. The predicted molar refractivity (Wildman–Crippen MR) is 255 cm³/mol. The van der Waals surface area contributed by atoms with E-state index in [9.17, 15) is 0 Å². The number of rotatable bonds is 7. The summed E-state index contributed by atoms with van der Waals surface area (Å²) in [6.07, 6.45) is 1.92. The van der Waals surface area contributed by atoms with E-state index in [-0.39, 0.29) is 0 Å². The third kappa shape index (κ3) is 6.98. The van der Waals surface area contributed by atoms with Crippen LogP contribution in [0.15, 0.2) is 197 Å². The van der Waals surface area contributed by atoms with Crippen LogP contribution in [0.1, 0.15) is 37.5 Å². The molecule has 11 aromatic rings. The van der Waals surface area contributed by atoms with Crippen molar-refractivity contribution in [1.29, 1.82) is 0 Å². The summed E-state index contributed by atoms with van der Waals surface area (Å²) in [7, 11) is 0. The number of hydrogen-bond acceptors (Lipinski definition) is 2. The summed E-state index contributed by atoms with van der Waals surface area (Å²) in [6, 6.07) is 66.1. The third-order valence-corrected chi connectivity index (χ3v) is 11.3. The predicted octanol–water partition coefficient (Wildman–Crippen LogP) is 14.0. The Morgan fingerprint density at radius 3 is 1.58 bits per heavy atom. The number of aromatic nitrogens is 2. The molecule has 0 radical (unpaired) electrons. The minimum atomic E-state index is 0.537. The van der Waals surface area contributed by atoms with Gasteiger partial charge in [0.15, 0.2) is 0 Å². The molecule has 5 nitrogen and oxygen atoms in total. The number of amidine groups is 1. The minimum Gasteiger partial charge on any atom is -0.456 e. The van der Waals surface area contributed by atoms with E-state index >= 15 is 0 Å². The highest BCUT2D eigenvalue weighted by molar-refractivity contribution is 6.23. The zero-order valence-electron chi connectivity index (χ0n) is 34.3. The molecule has 3 heterocycles. The van der Waals surface area contributed by atoms with Crippen molar-refractivity contribution >= 4 is 71.4 Å². The second-order valence-corrected chi connectivity index (χ2v) is 14.7. The van der Waals surface area contributed by atoms with Crippen LogP contribution in [0.2, 0.25) is 0 Å². The first-order valence-electron chi connectivity index (χ1n) is 21.0. The SMILES string of the molecule is CC.CCc1ccccc1.NC(=NCCc1ccc2c(c1)oc1ccccc12)c1ccc(-n2c3ccccc3c3ccc4c5ccccc5n(-c5ccccc5)c4c32)cc1. The molecule has 0 aliphatic rings. The van der Waals surface area contributed by atoms with E-state index in [2.05, 4.69) is 180 Å². The Morgan fingerprint density at radius 2 is 0.983 bits per heavy atom. The molecule has 0 atom stereocenters. The molecule has 11 rings (SSSR count). The highest BCUT2D eigenvalue weighted by Crippen LogP contribution is 2.41. The van der Waals surface area contributed by atoms with Crippen molar-refractivity contribution in [2.75, 3.05) is 6.54 Å². The van der Waals surface area contributed by atoms with Gasteiger partial charge >= 0.3 is 0 Å². The van der Waals surface area contributed by atoms with Gasteiger partial charge in [-0.25, -0.2) is 0 Å². The summed E-state index contributed by atoms with van der Waals surface area (Å²) < 4.78 is 10.9. The van der Waals surface area contributed by atoms with Gasteiger partial charge in [0.25, 0.3) is 0 Å². The van der Waals surface area contributed by atoms with E-state index in [1.807, 2.05) is 38.1 Å². The smallest absolute Gasteiger partial charge is 0.135 e. The zero-order valence-corrected chi connectivity index (χ0v) is 34.3. The van der Waals surface area contributed by atoms with E-state index in [1.165, 1.54) is 49.2 Å². The molecule has 0 saturated heterocycles. The van der Waals surface area contributed by atoms with Crippen molar-refractivity contribution in [3.63, 3.8) is 0 Å². The van der Waals surface area contributed by atoms with Gasteiger partial charge in [-0.2, -0.15) is 0 Å². The lowest BCUT2D eigenvalue weighted by atomic mass is 10.1. The maximum Gasteiger partial charge on any atom is 0.135 e. The fraction of sp³-hybridized carbons (Fsp3) is 0.109. The average Bonchev–Trinajstić information content (AvgIpc) is 3.98. The number of hydrogen-bond donors (Lipinski definition) is 1. The van der Waals surface area contributed by atoms with Gasteiger partial charge < -0.3 is 19.3 Å². The number of aryl methyl sites for hydroxylation is 1. The summed E-state index contributed by atoms with van der Waals surface area (Å²) in [4.78, 5) is 4.77. The summed E-state index contributed by atoms with van der Waals surface area (Å²) in [6.45, 7) is 6.75. The molecule has 0 unspecified atom stereocenters. The largest absolute Gasteiger partial charge is 0.456 e. The number of aliphatic imine (C=N–C) groups is 1. The Bertz CT molecular complexity index is 3260. The fourth-order valence-electron chi connectivity index (χ4n) is 8.43. The minimum absolute atomic E-state index is 0.537. The van der Waals surface area contributed by atoms with E-state index in [0.29, 0.717) is 12.4 Å². The van der Waals surface area contributed by atoms with E-state index < -0.39 is 0 Å². The number of para-hydroxylation sites is 4. The van der Waals surface area contributed by atoms with Gasteiger partial charge in [-0.3, -0.25) is 4.99 Å². The van der Waals surface area contributed by atoms with Crippen molar-refractivity contribution in [1.82, 2.24) is 9.13 Å². The maximum atomic E-state index is 6.57. The van der Waals surface area contributed by atoms with Crippen molar-refractivity contribution in [3.05, 3.63) is 205 Å². The number of nitrogens with two attached hydrogens (primary N) is 1. The molecule has 0 bridgehead atoms. The molecule has 2 N–H and O–H groups in total. The summed E-state index contributed by atoms with van der Waals surface area (Å²) in [5, 5.41) is 7.19. The number of furan rings is 1. The van der Waals surface area contributed by atoms with Gasteiger partial charge in [0.1, 0.15) is 17.0 Å². The number of nitrogens with zero attached hydrogens (tertiary/aromatic N) is 3. The normalized spacial score (nSPS) is 11.6. The van der Waals surface area contributed by atoms with Gasteiger partial charge in [0.2, 0.25) is 0 Å². The molecule has 0 aliphatic heterocycles. The first kappa shape index (κ1) is 38.2. The summed E-state index contributed by atoms with van der Waals surface area (Å²) >= 11 is 0. The molecular formula is C55H48N4O. The molecule has 0 saturated carbocycles. The Labute approximate surface area is 350 Å². The molecule has 0 amide bonds. The molecule has 0 fully saturated rings. The van der Waals surface area contributed by atoms with E-state index in [4.69, 9.17) is 15.1 Å². The Hall–Kier alpha value is -7.37. The molecule has 8 aromatic carbocycles. The van der Waals surface area contributed by atoms with Crippen LogP contribution in [0, 0.1) is 0 Å². The number of fused-ring (bicyclic) bond motifs is 10. The summed E-state index contributed by atoms with van der Waals surface area (Å²) in [5.41, 5.74) is 18.8. The third-order valence-electron chi connectivity index (χ3n) is 11.3. The van der Waals surface area contributed by atoms with E-state index in [1.54, 1.807) is 0 Å². The van der Waals surface area contributed by atoms with Gasteiger partial charge in [0, 0.05) is 55.8 Å². The monoisotopic (exact) mass is 780 g/mol. The highest BCUT2D eigenvalue weighted by atomic mass is 16.3. The van der Waals surface area contributed by atoms with Crippen LogP contribution >= 0.6 is 0 Å². The van der Waals surface area contributed by atoms with Gasteiger partial charge in [-0.15, -0.1) is 0 Å². The zero-order chi connectivity index (χ0) is 41.0. The molecule has 294 valence electrons. The number of benzene rings is 8. The highest BCUT2D eigenvalue weighted by Gasteiger charge is 2.21. The lowest BCUT2D eigenvalue weighted by Gasteiger charge is -2.13. The Kier molecular flexibility index (Phi) is 10.7. The van der Waals surface area contributed by atoms with Crippen LogP contribution in [0.3, 0.4) is 0 Å². The average molecular weight is 781 g/mol. The second-order valence-electron chi connectivity index (χ2n) is 14.7. The van der Waals surface area contributed by atoms with Gasteiger partial charge in [0.05, 0.1) is 22.1 Å². The Balaban J connectivity index is 0.000000413. The Morgan fingerprint density at radius 1 is 0.483 bits per heavy atom. The van der Waals surface area contributed by atoms with Crippen molar-refractivity contribution in [2.24, 2.45) is 10.7 Å². The molecular weight excluding hydrogens is 733 g/mol. The van der Waals surface area contributed by atoms with Crippen molar-refractivity contribution in [2.45, 2.75) is 33.6 Å². The quantitative estimate of drug-likeness (QED) is 0.129. The standard InChI is InChI=1S/C45H32N4O.C8H10.C2H6/c46-45(47-27-26-29-18-23-36-35-14-6-9-17-41(35)50-42(36)28-29)30-19-21-32(22-20-30)49-40-16-8-5-13-34(40)38-25-24-37-33-12-4-7-15-39(33)48(43(37)44(38)49)31-10-2-1-3-11-31;1-2-8-6-4-3-5-7-8;1-2/h1-25,28H,26-27H2,(H2,46,47);3-7H,2H2,1H3;1-2H3. The van der Waals surface area contributed by atoms with Crippen LogP contribution in [0.4, 0.5) is 0 Å². The molecule has 0 aliphatic carbocycles.